The van der Waals surface area contributed by atoms with Crippen LogP contribution >= 0.6 is 0 Å². The Kier molecular flexibility index (Phi) is 4.57. The zero-order chi connectivity index (χ0) is 11.9. The van der Waals surface area contributed by atoms with E-state index >= 15 is 0 Å². The molecule has 0 amide bonds. The molecule has 17 heavy (non-hydrogen) atoms. The quantitative estimate of drug-likeness (QED) is 0.673. The SMILES string of the molecule is CCCOCCCc1cccc2ccccc12. The summed E-state index contributed by atoms with van der Waals surface area (Å²) in [5, 5.41) is 2.71. The van der Waals surface area contributed by atoms with Crippen LogP contribution in [0.2, 0.25) is 0 Å². The van der Waals surface area contributed by atoms with E-state index in [1.54, 1.807) is 0 Å². The van der Waals surface area contributed by atoms with Gasteiger partial charge >= 0.3 is 0 Å². The Morgan fingerprint density at radius 2 is 1.76 bits per heavy atom. The zero-order valence-corrected chi connectivity index (χ0v) is 10.5. The highest BCUT2D eigenvalue weighted by atomic mass is 16.5. The van der Waals surface area contributed by atoms with Gasteiger partial charge in [-0.25, -0.2) is 0 Å². The molecule has 0 spiro atoms. The number of ether oxygens (including phenoxy) is 1. The lowest BCUT2D eigenvalue weighted by atomic mass is 10.0. The number of aryl methyl sites for hydroxylation is 1. The molecule has 0 heterocycles. The van der Waals surface area contributed by atoms with Gasteiger partial charge in [-0.1, -0.05) is 49.4 Å². The highest BCUT2D eigenvalue weighted by molar-refractivity contribution is 5.85. The van der Waals surface area contributed by atoms with Gasteiger partial charge in [0.15, 0.2) is 0 Å². The maximum atomic E-state index is 5.52. The Labute approximate surface area is 103 Å². The molecule has 2 aromatic rings. The van der Waals surface area contributed by atoms with E-state index in [2.05, 4.69) is 49.4 Å². The summed E-state index contributed by atoms with van der Waals surface area (Å²) in [5.41, 5.74) is 1.43. The van der Waals surface area contributed by atoms with E-state index in [-0.39, 0.29) is 0 Å². The van der Waals surface area contributed by atoms with Crippen LogP contribution in [0.4, 0.5) is 0 Å². The van der Waals surface area contributed by atoms with Crippen LogP contribution in [-0.4, -0.2) is 13.2 Å². The molecule has 0 N–H and O–H groups in total. The van der Waals surface area contributed by atoms with Crippen molar-refractivity contribution in [2.75, 3.05) is 13.2 Å². The minimum atomic E-state index is 0.872. The van der Waals surface area contributed by atoms with Crippen molar-refractivity contribution in [3.63, 3.8) is 0 Å². The Balaban J connectivity index is 1.98. The molecule has 1 heteroatoms. The summed E-state index contributed by atoms with van der Waals surface area (Å²) in [6.07, 6.45) is 3.31. The topological polar surface area (TPSA) is 9.23 Å². The molecule has 2 aromatic carbocycles. The van der Waals surface area contributed by atoms with Crippen LogP contribution in [-0.2, 0) is 11.2 Å². The molecule has 0 radical (unpaired) electrons. The van der Waals surface area contributed by atoms with Gasteiger partial charge in [-0.2, -0.15) is 0 Å². The second kappa shape index (κ2) is 6.41. The van der Waals surface area contributed by atoms with E-state index in [4.69, 9.17) is 4.74 Å². The molecule has 0 aliphatic rings. The molecule has 0 fully saturated rings. The smallest absolute Gasteiger partial charge is 0.0469 e. The minimum Gasteiger partial charge on any atom is -0.381 e. The molecule has 0 aliphatic carbocycles. The molecule has 0 saturated heterocycles. The van der Waals surface area contributed by atoms with Crippen LogP contribution in [0.3, 0.4) is 0 Å². The zero-order valence-electron chi connectivity index (χ0n) is 10.5. The van der Waals surface area contributed by atoms with E-state index in [0.717, 1.165) is 32.5 Å². The summed E-state index contributed by atoms with van der Waals surface area (Å²) in [6, 6.07) is 15.1. The first-order valence-corrected chi connectivity index (χ1v) is 6.46. The maximum Gasteiger partial charge on any atom is 0.0469 e. The lowest BCUT2D eigenvalue weighted by Gasteiger charge is -2.06. The number of hydrogen-bond donors (Lipinski definition) is 0. The molecule has 1 nitrogen and oxygen atoms in total. The molecular weight excluding hydrogens is 208 g/mol. The van der Waals surface area contributed by atoms with Gasteiger partial charge in [-0.15, -0.1) is 0 Å². The molecule has 0 bridgehead atoms. The van der Waals surface area contributed by atoms with Crippen molar-refractivity contribution in [1.82, 2.24) is 0 Å². The Hall–Kier alpha value is -1.34. The van der Waals surface area contributed by atoms with E-state index < -0.39 is 0 Å². The van der Waals surface area contributed by atoms with Crippen LogP contribution in [0.5, 0.6) is 0 Å². The van der Waals surface area contributed by atoms with Crippen molar-refractivity contribution in [2.24, 2.45) is 0 Å². The second-order valence-electron chi connectivity index (χ2n) is 4.35. The maximum absolute atomic E-state index is 5.52. The first-order valence-electron chi connectivity index (χ1n) is 6.46. The standard InChI is InChI=1S/C16H20O/c1-2-12-17-13-6-10-15-9-5-8-14-7-3-4-11-16(14)15/h3-5,7-9,11H,2,6,10,12-13H2,1H3. The fraction of sp³-hybridized carbons (Fsp3) is 0.375. The van der Waals surface area contributed by atoms with Crippen molar-refractivity contribution < 1.29 is 4.74 Å². The highest BCUT2D eigenvalue weighted by Crippen LogP contribution is 2.19. The lowest BCUT2D eigenvalue weighted by Crippen LogP contribution is -1.98. The molecular formula is C16H20O. The van der Waals surface area contributed by atoms with Gasteiger partial charge in [-0.05, 0) is 35.6 Å². The van der Waals surface area contributed by atoms with Gasteiger partial charge in [0.1, 0.15) is 0 Å². The predicted octanol–water partition coefficient (Wildman–Crippen LogP) is 4.20. The van der Waals surface area contributed by atoms with E-state index in [1.165, 1.54) is 16.3 Å². The fourth-order valence-electron chi connectivity index (χ4n) is 2.12. The number of fused-ring (bicyclic) bond motifs is 1. The van der Waals surface area contributed by atoms with Crippen LogP contribution in [0.15, 0.2) is 42.5 Å². The minimum absolute atomic E-state index is 0.872. The average Bonchev–Trinajstić information content (AvgIpc) is 2.39. The second-order valence-corrected chi connectivity index (χ2v) is 4.35. The molecule has 0 atom stereocenters. The Bertz CT molecular complexity index is 457. The first kappa shape index (κ1) is 12.1. The van der Waals surface area contributed by atoms with Gasteiger partial charge in [-0.3, -0.25) is 0 Å². The molecule has 90 valence electrons. The van der Waals surface area contributed by atoms with Gasteiger partial charge < -0.3 is 4.74 Å². The van der Waals surface area contributed by atoms with Crippen molar-refractivity contribution in [3.8, 4) is 0 Å². The Morgan fingerprint density at radius 1 is 0.941 bits per heavy atom. The van der Waals surface area contributed by atoms with Crippen LogP contribution < -0.4 is 0 Å². The molecule has 0 aliphatic heterocycles. The summed E-state index contributed by atoms with van der Waals surface area (Å²) in [5.74, 6) is 0. The number of rotatable bonds is 6. The van der Waals surface area contributed by atoms with Crippen LogP contribution in [0.1, 0.15) is 25.3 Å². The average molecular weight is 228 g/mol. The number of benzene rings is 2. The number of hydrogen-bond acceptors (Lipinski definition) is 1. The van der Waals surface area contributed by atoms with Crippen LogP contribution in [0, 0.1) is 0 Å². The summed E-state index contributed by atoms with van der Waals surface area (Å²) in [7, 11) is 0. The van der Waals surface area contributed by atoms with Gasteiger partial charge in [0.25, 0.3) is 0 Å². The van der Waals surface area contributed by atoms with Crippen molar-refractivity contribution in [1.29, 1.82) is 0 Å². The van der Waals surface area contributed by atoms with Gasteiger partial charge in [0.2, 0.25) is 0 Å². The normalized spacial score (nSPS) is 10.9. The van der Waals surface area contributed by atoms with Crippen molar-refractivity contribution in [3.05, 3.63) is 48.0 Å². The van der Waals surface area contributed by atoms with Crippen molar-refractivity contribution >= 4 is 10.8 Å². The van der Waals surface area contributed by atoms with E-state index in [1.807, 2.05) is 0 Å². The lowest BCUT2D eigenvalue weighted by molar-refractivity contribution is 0.132. The molecule has 0 aromatic heterocycles. The molecule has 0 unspecified atom stereocenters. The van der Waals surface area contributed by atoms with Gasteiger partial charge in [0, 0.05) is 13.2 Å². The monoisotopic (exact) mass is 228 g/mol. The summed E-state index contributed by atoms with van der Waals surface area (Å²) < 4.78 is 5.52. The largest absolute Gasteiger partial charge is 0.381 e. The first-order chi connectivity index (χ1) is 8.42. The third kappa shape index (κ3) is 3.31. The Morgan fingerprint density at radius 3 is 2.65 bits per heavy atom. The third-order valence-corrected chi connectivity index (χ3v) is 2.96. The fourth-order valence-corrected chi connectivity index (χ4v) is 2.12. The summed E-state index contributed by atoms with van der Waals surface area (Å²) >= 11 is 0. The summed E-state index contributed by atoms with van der Waals surface area (Å²) in [4.78, 5) is 0. The molecule has 0 saturated carbocycles. The van der Waals surface area contributed by atoms with Crippen molar-refractivity contribution in [2.45, 2.75) is 26.2 Å². The molecule has 2 rings (SSSR count). The van der Waals surface area contributed by atoms with E-state index in [0.29, 0.717) is 0 Å². The highest BCUT2D eigenvalue weighted by Gasteiger charge is 1.99. The predicted molar refractivity (Wildman–Crippen MR) is 73.4 cm³/mol. The van der Waals surface area contributed by atoms with Gasteiger partial charge in [0.05, 0.1) is 0 Å². The third-order valence-electron chi connectivity index (χ3n) is 2.96. The van der Waals surface area contributed by atoms with Crippen LogP contribution in [0.25, 0.3) is 10.8 Å². The summed E-state index contributed by atoms with van der Waals surface area (Å²) in [6.45, 7) is 3.90. The van der Waals surface area contributed by atoms with E-state index in [9.17, 15) is 0 Å².